The molecule has 0 unspecified atom stereocenters. The van der Waals surface area contributed by atoms with E-state index in [1.165, 1.54) is 18.2 Å². The van der Waals surface area contributed by atoms with Gasteiger partial charge < -0.3 is 10.5 Å². The Kier molecular flexibility index (Phi) is 4.87. The normalized spacial score (nSPS) is 13.8. The van der Waals surface area contributed by atoms with Crippen molar-refractivity contribution in [3.63, 3.8) is 0 Å². The topological polar surface area (TPSA) is 35.2 Å². The van der Waals surface area contributed by atoms with E-state index in [9.17, 15) is 13.2 Å². The van der Waals surface area contributed by atoms with Crippen LogP contribution >= 0.6 is 11.6 Å². The van der Waals surface area contributed by atoms with Crippen molar-refractivity contribution >= 4 is 11.6 Å². The van der Waals surface area contributed by atoms with Gasteiger partial charge in [0.15, 0.2) is 0 Å². The van der Waals surface area contributed by atoms with Gasteiger partial charge in [0.05, 0.1) is 5.02 Å². The lowest BCUT2D eigenvalue weighted by molar-refractivity contribution is -0.274. The highest BCUT2D eigenvalue weighted by molar-refractivity contribution is 6.32. The Labute approximate surface area is 109 Å². The highest BCUT2D eigenvalue weighted by Gasteiger charge is 2.32. The molecule has 0 saturated heterocycles. The Bertz CT molecular complexity index is 407. The summed E-state index contributed by atoms with van der Waals surface area (Å²) in [5.74, 6) is -0.0189. The Morgan fingerprint density at radius 1 is 1.33 bits per heavy atom. The minimum Gasteiger partial charge on any atom is -0.404 e. The number of hydrogen-bond acceptors (Lipinski definition) is 2. The largest absolute Gasteiger partial charge is 0.573 e. The number of halogens is 4. The van der Waals surface area contributed by atoms with Crippen molar-refractivity contribution in [1.82, 2.24) is 0 Å². The second kappa shape index (κ2) is 5.80. The van der Waals surface area contributed by atoms with Crippen molar-refractivity contribution in [3.05, 3.63) is 28.8 Å². The Balaban J connectivity index is 2.85. The highest BCUT2D eigenvalue weighted by Crippen LogP contribution is 2.32. The minimum atomic E-state index is -4.74. The van der Waals surface area contributed by atoms with Crippen molar-refractivity contribution in [2.24, 2.45) is 11.7 Å². The molecule has 1 rings (SSSR count). The van der Waals surface area contributed by atoms with Gasteiger partial charge in [0.1, 0.15) is 5.75 Å². The summed E-state index contributed by atoms with van der Waals surface area (Å²) in [6.07, 6.45) is -4.01. The molecule has 2 nitrogen and oxygen atoms in total. The first-order chi connectivity index (χ1) is 8.19. The van der Waals surface area contributed by atoms with Crippen LogP contribution in [-0.2, 0) is 0 Å². The Morgan fingerprint density at radius 2 is 1.94 bits per heavy atom. The first-order valence-electron chi connectivity index (χ1n) is 5.50. The van der Waals surface area contributed by atoms with E-state index in [0.29, 0.717) is 11.5 Å². The fraction of sp³-hybridized carbons (Fsp3) is 0.500. The molecule has 0 aliphatic rings. The average Bonchev–Trinajstić information content (AvgIpc) is 2.18. The molecule has 1 aromatic rings. The molecule has 18 heavy (non-hydrogen) atoms. The van der Waals surface area contributed by atoms with Crippen LogP contribution in [0.1, 0.15) is 31.9 Å². The molecule has 0 aliphatic carbocycles. The van der Waals surface area contributed by atoms with Crippen LogP contribution in [0.4, 0.5) is 13.2 Å². The third-order valence-electron chi connectivity index (χ3n) is 2.34. The second-order valence-corrected chi connectivity index (χ2v) is 4.88. The zero-order chi connectivity index (χ0) is 13.9. The fourth-order valence-corrected chi connectivity index (χ4v) is 1.83. The molecule has 0 heterocycles. The summed E-state index contributed by atoms with van der Waals surface area (Å²) in [4.78, 5) is 0. The Morgan fingerprint density at radius 3 is 2.39 bits per heavy atom. The summed E-state index contributed by atoms with van der Waals surface area (Å²) in [5, 5.41) is -0.0935. The molecule has 102 valence electrons. The number of hydrogen-bond donors (Lipinski definition) is 1. The molecule has 0 aromatic heterocycles. The molecule has 2 N–H and O–H groups in total. The van der Waals surface area contributed by atoms with E-state index in [1.807, 2.05) is 13.8 Å². The van der Waals surface area contributed by atoms with Gasteiger partial charge in [-0.3, -0.25) is 0 Å². The van der Waals surface area contributed by atoms with Gasteiger partial charge >= 0.3 is 6.36 Å². The summed E-state index contributed by atoms with van der Waals surface area (Å²) in [5.41, 5.74) is 6.62. The lowest BCUT2D eigenvalue weighted by Gasteiger charge is -2.16. The standard InChI is InChI=1S/C12H15ClF3NO/c1-7(2)5-10(17)8-3-4-11(9(13)6-8)18-12(14,15)16/h3-4,6-7,10H,5,17H2,1-2H3/t10-/m0/s1. The van der Waals surface area contributed by atoms with Crippen LogP contribution in [0.15, 0.2) is 18.2 Å². The summed E-state index contributed by atoms with van der Waals surface area (Å²) in [7, 11) is 0. The lowest BCUT2D eigenvalue weighted by atomic mass is 9.98. The van der Waals surface area contributed by atoms with Crippen molar-refractivity contribution in [1.29, 1.82) is 0 Å². The van der Waals surface area contributed by atoms with E-state index in [0.717, 1.165) is 6.42 Å². The van der Waals surface area contributed by atoms with Gasteiger partial charge in [-0.25, -0.2) is 0 Å². The SMILES string of the molecule is CC(C)C[C@H](N)c1ccc(OC(F)(F)F)c(Cl)c1. The molecule has 0 bridgehead atoms. The molecular formula is C12H15ClF3NO. The molecule has 1 aromatic carbocycles. The van der Waals surface area contributed by atoms with Crippen molar-refractivity contribution in [3.8, 4) is 5.75 Å². The molecule has 0 amide bonds. The van der Waals surface area contributed by atoms with Gasteiger partial charge in [0.25, 0.3) is 0 Å². The Hall–Kier alpha value is -0.940. The molecule has 0 fully saturated rings. The number of alkyl halides is 3. The zero-order valence-corrected chi connectivity index (χ0v) is 10.8. The van der Waals surface area contributed by atoms with E-state index in [-0.39, 0.29) is 11.1 Å². The summed E-state index contributed by atoms with van der Waals surface area (Å²) in [6, 6.07) is 3.85. The maximum atomic E-state index is 12.0. The quantitative estimate of drug-likeness (QED) is 0.894. The predicted octanol–water partition coefficient (Wildman–Crippen LogP) is 4.28. The molecule has 6 heteroatoms. The third-order valence-corrected chi connectivity index (χ3v) is 2.63. The zero-order valence-electron chi connectivity index (χ0n) is 10.1. The van der Waals surface area contributed by atoms with E-state index in [2.05, 4.69) is 4.74 Å². The van der Waals surface area contributed by atoms with Gasteiger partial charge in [-0.2, -0.15) is 0 Å². The maximum absolute atomic E-state index is 12.0. The van der Waals surface area contributed by atoms with Gasteiger partial charge in [0.2, 0.25) is 0 Å². The van der Waals surface area contributed by atoms with Crippen LogP contribution < -0.4 is 10.5 Å². The van der Waals surface area contributed by atoms with Crippen LogP contribution in [-0.4, -0.2) is 6.36 Å². The van der Waals surface area contributed by atoms with Crippen LogP contribution in [0.25, 0.3) is 0 Å². The molecule has 0 aliphatic heterocycles. The number of ether oxygens (including phenoxy) is 1. The molecular weight excluding hydrogens is 267 g/mol. The van der Waals surface area contributed by atoms with E-state index < -0.39 is 12.1 Å². The number of nitrogens with two attached hydrogens (primary N) is 1. The van der Waals surface area contributed by atoms with Gasteiger partial charge in [-0.05, 0) is 30.0 Å². The molecule has 0 saturated carbocycles. The number of rotatable bonds is 4. The van der Waals surface area contributed by atoms with Gasteiger partial charge in [-0.1, -0.05) is 31.5 Å². The van der Waals surface area contributed by atoms with Crippen LogP contribution in [0.2, 0.25) is 5.02 Å². The molecule has 0 spiro atoms. The average molecular weight is 282 g/mol. The first-order valence-corrected chi connectivity index (χ1v) is 5.87. The van der Waals surface area contributed by atoms with Crippen LogP contribution in [0.3, 0.4) is 0 Å². The lowest BCUT2D eigenvalue weighted by Crippen LogP contribution is -2.18. The van der Waals surface area contributed by atoms with E-state index in [4.69, 9.17) is 17.3 Å². The monoisotopic (exact) mass is 281 g/mol. The van der Waals surface area contributed by atoms with Gasteiger partial charge in [-0.15, -0.1) is 13.2 Å². The minimum absolute atomic E-state index is 0.0935. The van der Waals surface area contributed by atoms with Crippen LogP contribution in [0, 0.1) is 5.92 Å². The van der Waals surface area contributed by atoms with E-state index in [1.54, 1.807) is 0 Å². The maximum Gasteiger partial charge on any atom is 0.573 e. The number of benzene rings is 1. The third kappa shape index (κ3) is 4.74. The van der Waals surface area contributed by atoms with Crippen molar-refractivity contribution < 1.29 is 17.9 Å². The smallest absolute Gasteiger partial charge is 0.404 e. The van der Waals surface area contributed by atoms with Crippen LogP contribution in [0.5, 0.6) is 5.75 Å². The summed E-state index contributed by atoms with van der Waals surface area (Å²) < 4.78 is 39.9. The second-order valence-electron chi connectivity index (χ2n) is 4.47. The first kappa shape index (κ1) is 15.1. The molecule has 1 atom stereocenters. The predicted molar refractivity (Wildman–Crippen MR) is 64.5 cm³/mol. The van der Waals surface area contributed by atoms with E-state index >= 15 is 0 Å². The van der Waals surface area contributed by atoms with Crippen molar-refractivity contribution in [2.75, 3.05) is 0 Å². The summed E-state index contributed by atoms with van der Waals surface area (Å²) in [6.45, 7) is 4.03. The fourth-order valence-electron chi connectivity index (χ4n) is 1.60. The van der Waals surface area contributed by atoms with Crippen molar-refractivity contribution in [2.45, 2.75) is 32.7 Å². The van der Waals surface area contributed by atoms with Gasteiger partial charge in [0, 0.05) is 6.04 Å². The summed E-state index contributed by atoms with van der Waals surface area (Å²) >= 11 is 5.74. The highest BCUT2D eigenvalue weighted by atomic mass is 35.5. The molecule has 0 radical (unpaired) electrons.